The predicted molar refractivity (Wildman–Crippen MR) is 112 cm³/mol. The molecule has 0 fully saturated rings. The summed E-state index contributed by atoms with van der Waals surface area (Å²) in [6, 6.07) is 10.0. The minimum absolute atomic E-state index is 0.199. The van der Waals surface area contributed by atoms with Crippen LogP contribution in [0.2, 0.25) is 4.34 Å². The summed E-state index contributed by atoms with van der Waals surface area (Å²) in [7, 11) is -3.31. The summed E-state index contributed by atoms with van der Waals surface area (Å²) in [4.78, 5) is 18.2. The van der Waals surface area contributed by atoms with Crippen LogP contribution in [-0.2, 0) is 14.6 Å². The average Bonchev–Trinajstić information content (AvgIpc) is 3.22. The van der Waals surface area contributed by atoms with Gasteiger partial charge in [-0.3, -0.25) is 10.1 Å². The lowest BCUT2D eigenvalue weighted by Gasteiger charge is -2.08. The topological polar surface area (TPSA) is 76.1 Å². The second-order valence-corrected chi connectivity index (χ2v) is 10.3. The van der Waals surface area contributed by atoms with E-state index in [1.165, 1.54) is 34.8 Å². The van der Waals surface area contributed by atoms with E-state index in [4.69, 9.17) is 11.6 Å². The standard InChI is InChI=1S/C18H15ClN2O3S3/c1-11-16(19)26-18(20-11)21-17(22)15(10-13-4-3-9-25-13)12-5-7-14(8-6-12)27(2,23)24/h3-10H,1-2H3,(H,20,21,22)/b15-10+. The van der Waals surface area contributed by atoms with E-state index in [1.54, 1.807) is 25.1 Å². The summed E-state index contributed by atoms with van der Waals surface area (Å²) in [5.41, 5.74) is 1.66. The number of hydrogen-bond donors (Lipinski definition) is 1. The van der Waals surface area contributed by atoms with Gasteiger partial charge in [0.15, 0.2) is 15.0 Å². The van der Waals surface area contributed by atoms with Crippen LogP contribution in [0, 0.1) is 6.92 Å². The molecule has 9 heteroatoms. The molecule has 2 aromatic heterocycles. The first-order valence-electron chi connectivity index (χ1n) is 7.74. The van der Waals surface area contributed by atoms with Gasteiger partial charge in [-0.1, -0.05) is 41.1 Å². The first-order valence-corrected chi connectivity index (χ1v) is 11.7. The fraction of sp³-hybridized carbons (Fsp3) is 0.111. The van der Waals surface area contributed by atoms with E-state index >= 15 is 0 Å². The number of thiazole rings is 1. The number of hydrogen-bond acceptors (Lipinski definition) is 6. The summed E-state index contributed by atoms with van der Waals surface area (Å²) in [6.45, 7) is 1.76. The molecule has 0 aliphatic heterocycles. The Balaban J connectivity index is 1.97. The summed E-state index contributed by atoms with van der Waals surface area (Å²) < 4.78 is 23.9. The zero-order chi connectivity index (χ0) is 19.6. The maximum atomic E-state index is 12.9. The molecule has 1 N–H and O–H groups in total. The highest BCUT2D eigenvalue weighted by Gasteiger charge is 2.17. The van der Waals surface area contributed by atoms with Crippen LogP contribution in [0.25, 0.3) is 11.6 Å². The minimum Gasteiger partial charge on any atom is -0.298 e. The third kappa shape index (κ3) is 4.84. The number of rotatable bonds is 5. The van der Waals surface area contributed by atoms with Crippen molar-refractivity contribution in [3.63, 3.8) is 0 Å². The van der Waals surface area contributed by atoms with Gasteiger partial charge in [0.1, 0.15) is 4.34 Å². The lowest BCUT2D eigenvalue weighted by Crippen LogP contribution is -2.13. The highest BCUT2D eigenvalue weighted by atomic mass is 35.5. The van der Waals surface area contributed by atoms with Crippen molar-refractivity contribution in [2.24, 2.45) is 0 Å². The first kappa shape index (κ1) is 19.8. The van der Waals surface area contributed by atoms with Crippen molar-refractivity contribution in [2.45, 2.75) is 11.8 Å². The van der Waals surface area contributed by atoms with Crippen LogP contribution >= 0.6 is 34.3 Å². The number of amides is 1. The maximum absolute atomic E-state index is 12.9. The SMILES string of the molecule is Cc1nc(NC(=O)/C(=C/c2cccs2)c2ccc(S(C)(=O)=O)cc2)sc1Cl. The highest BCUT2D eigenvalue weighted by molar-refractivity contribution is 7.90. The van der Waals surface area contributed by atoms with Gasteiger partial charge in [-0.2, -0.15) is 0 Å². The quantitative estimate of drug-likeness (QED) is 0.583. The number of benzene rings is 1. The molecule has 0 saturated heterocycles. The van der Waals surface area contributed by atoms with Gasteiger partial charge in [-0.15, -0.1) is 11.3 Å². The molecule has 27 heavy (non-hydrogen) atoms. The molecule has 0 atom stereocenters. The molecule has 0 spiro atoms. The number of thiophene rings is 1. The zero-order valence-electron chi connectivity index (χ0n) is 14.4. The number of anilines is 1. The molecule has 0 aliphatic carbocycles. The smallest absolute Gasteiger partial charge is 0.258 e. The Hall–Kier alpha value is -2.00. The van der Waals surface area contributed by atoms with Gasteiger partial charge in [0, 0.05) is 16.7 Å². The van der Waals surface area contributed by atoms with E-state index in [2.05, 4.69) is 10.3 Å². The van der Waals surface area contributed by atoms with E-state index in [0.717, 1.165) is 11.1 Å². The van der Waals surface area contributed by atoms with Crippen LogP contribution in [0.1, 0.15) is 16.1 Å². The van der Waals surface area contributed by atoms with Gasteiger partial charge < -0.3 is 0 Å². The number of nitrogens with zero attached hydrogens (tertiary/aromatic N) is 1. The Kier molecular flexibility index (Phi) is 5.81. The molecule has 0 radical (unpaired) electrons. The van der Waals surface area contributed by atoms with Crippen molar-refractivity contribution in [3.8, 4) is 0 Å². The Morgan fingerprint density at radius 2 is 1.93 bits per heavy atom. The van der Waals surface area contributed by atoms with E-state index in [1.807, 2.05) is 17.5 Å². The fourth-order valence-corrected chi connectivity index (χ4v) is 4.51. The molecular formula is C18H15ClN2O3S3. The van der Waals surface area contributed by atoms with E-state index < -0.39 is 9.84 Å². The Labute approximate surface area is 170 Å². The van der Waals surface area contributed by atoms with Crippen molar-refractivity contribution in [1.29, 1.82) is 0 Å². The van der Waals surface area contributed by atoms with E-state index in [0.29, 0.717) is 26.3 Å². The highest BCUT2D eigenvalue weighted by Crippen LogP contribution is 2.29. The van der Waals surface area contributed by atoms with Crippen LogP contribution in [0.4, 0.5) is 5.13 Å². The van der Waals surface area contributed by atoms with E-state index in [-0.39, 0.29) is 10.8 Å². The Morgan fingerprint density at radius 1 is 1.22 bits per heavy atom. The first-order chi connectivity index (χ1) is 12.7. The Morgan fingerprint density at radius 3 is 2.44 bits per heavy atom. The van der Waals surface area contributed by atoms with Crippen LogP contribution in [0.5, 0.6) is 0 Å². The molecule has 1 aromatic carbocycles. The number of sulfone groups is 1. The molecule has 1 amide bonds. The number of halogens is 1. The third-order valence-electron chi connectivity index (χ3n) is 3.63. The number of aromatic nitrogens is 1. The van der Waals surface area contributed by atoms with Crippen LogP contribution in [-0.4, -0.2) is 25.6 Å². The maximum Gasteiger partial charge on any atom is 0.258 e. The van der Waals surface area contributed by atoms with Crippen molar-refractivity contribution in [2.75, 3.05) is 11.6 Å². The number of aryl methyl sites for hydroxylation is 1. The molecule has 3 rings (SSSR count). The minimum atomic E-state index is -3.31. The van der Waals surface area contributed by atoms with Gasteiger partial charge in [-0.25, -0.2) is 13.4 Å². The van der Waals surface area contributed by atoms with Crippen molar-refractivity contribution in [1.82, 2.24) is 4.98 Å². The van der Waals surface area contributed by atoms with Gasteiger partial charge >= 0.3 is 0 Å². The third-order valence-corrected chi connectivity index (χ3v) is 6.94. The van der Waals surface area contributed by atoms with Gasteiger partial charge in [0.2, 0.25) is 0 Å². The van der Waals surface area contributed by atoms with E-state index in [9.17, 15) is 13.2 Å². The van der Waals surface area contributed by atoms with Crippen molar-refractivity contribution < 1.29 is 13.2 Å². The van der Waals surface area contributed by atoms with Crippen molar-refractivity contribution >= 4 is 66.8 Å². The lowest BCUT2D eigenvalue weighted by atomic mass is 10.0. The summed E-state index contributed by atoms with van der Waals surface area (Å²) in [5, 5.41) is 5.09. The molecule has 3 aromatic rings. The predicted octanol–water partition coefficient (Wildman–Crippen LogP) is 4.75. The number of carbonyl (C=O) groups excluding carboxylic acids is 1. The number of nitrogens with one attached hydrogen (secondary N) is 1. The van der Waals surface area contributed by atoms with Crippen molar-refractivity contribution in [3.05, 3.63) is 62.2 Å². The second-order valence-electron chi connectivity index (χ2n) is 5.70. The van der Waals surface area contributed by atoms with Crippen LogP contribution < -0.4 is 5.32 Å². The summed E-state index contributed by atoms with van der Waals surface area (Å²) in [5.74, 6) is -0.346. The van der Waals surface area contributed by atoms with Gasteiger partial charge in [0.05, 0.1) is 10.6 Å². The van der Waals surface area contributed by atoms with Gasteiger partial charge in [0.25, 0.3) is 5.91 Å². The molecular weight excluding hydrogens is 424 g/mol. The Bertz CT molecular complexity index is 1080. The lowest BCUT2D eigenvalue weighted by molar-refractivity contribution is -0.111. The summed E-state index contributed by atoms with van der Waals surface area (Å²) in [6.07, 6.45) is 2.91. The molecule has 0 unspecified atom stereocenters. The monoisotopic (exact) mass is 438 g/mol. The molecule has 0 aliphatic rings. The average molecular weight is 439 g/mol. The largest absolute Gasteiger partial charge is 0.298 e. The van der Waals surface area contributed by atoms with Gasteiger partial charge in [-0.05, 0) is 42.1 Å². The normalized spacial score (nSPS) is 12.2. The molecule has 2 heterocycles. The molecule has 0 bridgehead atoms. The fourth-order valence-electron chi connectivity index (χ4n) is 2.27. The molecule has 0 saturated carbocycles. The second kappa shape index (κ2) is 7.93. The van der Waals surface area contributed by atoms with Crippen LogP contribution in [0.15, 0.2) is 46.7 Å². The van der Waals surface area contributed by atoms with Crippen LogP contribution in [0.3, 0.4) is 0 Å². The molecule has 140 valence electrons. The molecule has 5 nitrogen and oxygen atoms in total. The summed E-state index contributed by atoms with van der Waals surface area (Å²) >= 11 is 8.70. The zero-order valence-corrected chi connectivity index (χ0v) is 17.6. The number of carbonyl (C=O) groups is 1.